The van der Waals surface area contributed by atoms with Crippen LogP contribution in [0.5, 0.6) is 0 Å². The molecule has 0 heterocycles. The van der Waals surface area contributed by atoms with Crippen LogP contribution in [0.15, 0.2) is 43.0 Å². The van der Waals surface area contributed by atoms with Crippen molar-refractivity contribution in [2.75, 3.05) is 6.61 Å². The number of alkyl halides is 1. The van der Waals surface area contributed by atoms with Crippen LogP contribution in [0.1, 0.15) is 13.3 Å². The summed E-state index contributed by atoms with van der Waals surface area (Å²) in [5.41, 5.74) is 0. The molecule has 0 amide bonds. The molecule has 0 saturated carbocycles. The van der Waals surface area contributed by atoms with E-state index in [0.29, 0.717) is 18.3 Å². The quantitative estimate of drug-likeness (QED) is 0.441. The molecule has 0 radical (unpaired) electrons. The Morgan fingerprint density at radius 2 is 2.12 bits per heavy atom. The van der Waals surface area contributed by atoms with E-state index in [9.17, 15) is 4.57 Å². The molecule has 2 atom stereocenters. The van der Waals surface area contributed by atoms with E-state index in [-0.39, 0.29) is 0 Å². The maximum atomic E-state index is 12.7. The Kier molecular flexibility index (Phi) is 5.27. The molecule has 88 valence electrons. The zero-order chi connectivity index (χ0) is 12.0. The van der Waals surface area contributed by atoms with Gasteiger partial charge in [-0.05, 0) is 25.5 Å². The first-order valence-electron chi connectivity index (χ1n) is 5.20. The van der Waals surface area contributed by atoms with E-state index in [1.54, 1.807) is 18.2 Å². The number of benzene rings is 1. The van der Waals surface area contributed by atoms with Crippen LogP contribution < -0.4 is 5.30 Å². The van der Waals surface area contributed by atoms with Crippen LogP contribution in [0, 0.1) is 0 Å². The lowest BCUT2D eigenvalue weighted by molar-refractivity contribution is 0.338. The SMILES string of the molecule is C=CCC(Cl)P(=O)(OCC)c1ccccc1. The van der Waals surface area contributed by atoms with Crippen molar-refractivity contribution in [1.29, 1.82) is 0 Å². The maximum Gasteiger partial charge on any atom is 0.249 e. The minimum absolute atomic E-state index is 0.381. The topological polar surface area (TPSA) is 26.3 Å². The van der Waals surface area contributed by atoms with Crippen molar-refractivity contribution in [3.63, 3.8) is 0 Å². The maximum absolute atomic E-state index is 12.7. The van der Waals surface area contributed by atoms with Crippen LogP contribution >= 0.6 is 19.0 Å². The van der Waals surface area contributed by atoms with Gasteiger partial charge >= 0.3 is 0 Å². The number of allylic oxidation sites excluding steroid dienone is 1. The molecule has 0 bridgehead atoms. The highest BCUT2D eigenvalue weighted by molar-refractivity contribution is 7.69. The normalized spacial score (nSPS) is 16.4. The van der Waals surface area contributed by atoms with E-state index in [2.05, 4.69) is 6.58 Å². The van der Waals surface area contributed by atoms with Crippen molar-refractivity contribution in [1.82, 2.24) is 0 Å². The van der Waals surface area contributed by atoms with Crippen LogP contribution in [-0.4, -0.2) is 11.7 Å². The first-order valence-corrected chi connectivity index (χ1v) is 7.33. The molecule has 2 unspecified atom stereocenters. The molecule has 2 nitrogen and oxygen atoms in total. The Morgan fingerprint density at radius 3 is 2.62 bits per heavy atom. The van der Waals surface area contributed by atoms with Gasteiger partial charge in [0.05, 0.1) is 6.61 Å². The third-order valence-electron chi connectivity index (χ3n) is 2.17. The summed E-state index contributed by atoms with van der Waals surface area (Å²) in [4.78, 5) is 0. The Labute approximate surface area is 102 Å². The van der Waals surface area contributed by atoms with Gasteiger partial charge in [0.2, 0.25) is 7.37 Å². The largest absolute Gasteiger partial charge is 0.325 e. The second kappa shape index (κ2) is 6.24. The summed E-state index contributed by atoms with van der Waals surface area (Å²) >= 11 is 6.14. The predicted molar refractivity (Wildman–Crippen MR) is 69.8 cm³/mol. The number of hydrogen-bond acceptors (Lipinski definition) is 2. The van der Waals surface area contributed by atoms with Gasteiger partial charge in [0.25, 0.3) is 0 Å². The fourth-order valence-corrected chi connectivity index (χ4v) is 4.09. The zero-order valence-corrected chi connectivity index (χ0v) is 11.0. The van der Waals surface area contributed by atoms with Crippen LogP contribution in [0.3, 0.4) is 0 Å². The molecule has 0 saturated heterocycles. The lowest BCUT2D eigenvalue weighted by Crippen LogP contribution is -2.15. The summed E-state index contributed by atoms with van der Waals surface area (Å²) in [6.07, 6.45) is 2.13. The van der Waals surface area contributed by atoms with Gasteiger partial charge < -0.3 is 4.52 Å². The molecule has 16 heavy (non-hydrogen) atoms. The Morgan fingerprint density at radius 1 is 1.50 bits per heavy atom. The predicted octanol–water partition coefficient (Wildman–Crippen LogP) is 3.77. The van der Waals surface area contributed by atoms with Crippen LogP contribution in [0.25, 0.3) is 0 Å². The van der Waals surface area contributed by atoms with Crippen molar-refractivity contribution in [2.45, 2.75) is 18.5 Å². The van der Waals surface area contributed by atoms with Gasteiger partial charge in [-0.3, -0.25) is 4.57 Å². The Bertz CT molecular complexity index is 378. The van der Waals surface area contributed by atoms with Crippen LogP contribution in [-0.2, 0) is 9.09 Å². The molecular weight excluding hydrogens is 243 g/mol. The molecule has 0 aliphatic carbocycles. The van der Waals surface area contributed by atoms with E-state index in [1.807, 2.05) is 25.1 Å². The summed E-state index contributed by atoms with van der Waals surface area (Å²) < 4.78 is 18.1. The third kappa shape index (κ3) is 2.98. The van der Waals surface area contributed by atoms with Crippen LogP contribution in [0.4, 0.5) is 0 Å². The van der Waals surface area contributed by atoms with E-state index >= 15 is 0 Å². The number of halogens is 1. The summed E-state index contributed by atoms with van der Waals surface area (Å²) in [6.45, 7) is 5.80. The molecule has 0 N–H and O–H groups in total. The molecule has 1 aromatic rings. The van der Waals surface area contributed by atoms with Crippen LogP contribution in [0.2, 0.25) is 0 Å². The molecule has 0 aromatic heterocycles. The Hall–Kier alpha value is -0.560. The van der Waals surface area contributed by atoms with Crippen molar-refractivity contribution in [2.24, 2.45) is 0 Å². The third-order valence-corrected chi connectivity index (χ3v) is 5.72. The smallest absolute Gasteiger partial charge is 0.249 e. The molecule has 1 aromatic carbocycles. The van der Waals surface area contributed by atoms with Crippen molar-refractivity contribution >= 4 is 24.3 Å². The van der Waals surface area contributed by atoms with Gasteiger partial charge in [0.15, 0.2) is 0 Å². The average Bonchev–Trinajstić information content (AvgIpc) is 2.30. The highest BCUT2D eigenvalue weighted by Gasteiger charge is 2.33. The summed E-state index contributed by atoms with van der Waals surface area (Å²) in [7, 11) is -2.99. The Balaban J connectivity index is 3.06. The van der Waals surface area contributed by atoms with E-state index in [0.717, 1.165) is 0 Å². The summed E-state index contributed by atoms with van der Waals surface area (Å²) in [5, 5.41) is 0.117. The molecule has 0 spiro atoms. The monoisotopic (exact) mass is 258 g/mol. The lowest BCUT2D eigenvalue weighted by atomic mass is 10.4. The second-order valence-corrected chi connectivity index (χ2v) is 6.73. The highest BCUT2D eigenvalue weighted by Crippen LogP contribution is 2.53. The van der Waals surface area contributed by atoms with Gasteiger partial charge in [-0.2, -0.15) is 0 Å². The summed E-state index contributed by atoms with van der Waals surface area (Å²) in [5.74, 6) is 0. The fraction of sp³-hybridized carbons (Fsp3) is 0.333. The van der Waals surface area contributed by atoms with Gasteiger partial charge in [0.1, 0.15) is 5.12 Å². The molecule has 0 aliphatic rings. The average molecular weight is 259 g/mol. The van der Waals surface area contributed by atoms with Gasteiger partial charge in [0, 0.05) is 5.30 Å². The molecule has 4 heteroatoms. The zero-order valence-electron chi connectivity index (χ0n) is 9.30. The molecular formula is C12H16ClO2P. The van der Waals surface area contributed by atoms with E-state index in [1.165, 1.54) is 0 Å². The molecule has 0 fully saturated rings. The molecule has 0 aliphatic heterocycles. The highest BCUT2D eigenvalue weighted by atomic mass is 35.5. The first kappa shape index (κ1) is 13.5. The lowest BCUT2D eigenvalue weighted by Gasteiger charge is -2.22. The van der Waals surface area contributed by atoms with E-state index < -0.39 is 12.5 Å². The van der Waals surface area contributed by atoms with E-state index in [4.69, 9.17) is 16.1 Å². The second-order valence-electron chi connectivity index (χ2n) is 3.31. The summed E-state index contributed by atoms with van der Waals surface area (Å²) in [6, 6.07) is 9.11. The minimum atomic E-state index is -2.99. The standard InChI is InChI=1S/C12H16ClO2P/c1-3-8-12(13)16(14,15-4-2)11-9-6-5-7-10-11/h3,5-7,9-10,12H,1,4,8H2,2H3. The van der Waals surface area contributed by atoms with Gasteiger partial charge in [-0.25, -0.2) is 0 Å². The molecule has 1 rings (SSSR count). The van der Waals surface area contributed by atoms with Crippen molar-refractivity contribution in [3.05, 3.63) is 43.0 Å². The fourth-order valence-electron chi connectivity index (χ4n) is 1.42. The van der Waals surface area contributed by atoms with Gasteiger partial charge in [-0.1, -0.05) is 24.3 Å². The minimum Gasteiger partial charge on any atom is -0.325 e. The first-order chi connectivity index (χ1) is 7.65. The number of rotatable bonds is 6. The van der Waals surface area contributed by atoms with Crippen molar-refractivity contribution < 1.29 is 9.09 Å². The van der Waals surface area contributed by atoms with Crippen molar-refractivity contribution in [3.8, 4) is 0 Å². The van der Waals surface area contributed by atoms with Gasteiger partial charge in [-0.15, -0.1) is 18.2 Å². The number of hydrogen-bond donors (Lipinski definition) is 0.